The zero-order chi connectivity index (χ0) is 11.1. The van der Waals surface area contributed by atoms with Gasteiger partial charge in [0, 0.05) is 6.08 Å². The van der Waals surface area contributed by atoms with Crippen molar-refractivity contribution in [3.05, 3.63) is 59.5 Å². The van der Waals surface area contributed by atoms with Gasteiger partial charge >= 0.3 is 0 Å². The van der Waals surface area contributed by atoms with Gasteiger partial charge in [0.1, 0.15) is 11.5 Å². The Morgan fingerprint density at radius 2 is 1.73 bits per heavy atom. The lowest BCUT2D eigenvalue weighted by Gasteiger charge is -2.02. The highest BCUT2D eigenvalue weighted by Crippen LogP contribution is 2.16. The molecular weight excluding hydrogens is 184 g/mol. The van der Waals surface area contributed by atoms with E-state index in [1.165, 1.54) is 0 Å². The maximum Gasteiger partial charge on any atom is 0.136 e. The zero-order valence-electron chi connectivity index (χ0n) is 9.45. The van der Waals surface area contributed by atoms with Crippen molar-refractivity contribution < 1.29 is 4.74 Å². The van der Waals surface area contributed by atoms with Crippen LogP contribution in [0.1, 0.15) is 20.8 Å². The Bertz CT molecular complexity index is 393. The van der Waals surface area contributed by atoms with Gasteiger partial charge in [-0.15, -0.1) is 5.73 Å². The van der Waals surface area contributed by atoms with Crippen molar-refractivity contribution >= 4 is 0 Å². The third-order valence-electron chi connectivity index (χ3n) is 1.78. The van der Waals surface area contributed by atoms with Crippen LogP contribution in [0.3, 0.4) is 0 Å². The summed E-state index contributed by atoms with van der Waals surface area (Å²) >= 11 is 0. The number of para-hydroxylation sites is 1. The standard InChI is InChI=1S/C12H10O.C2H6/c1-10-7-8-12(9-10)13-11-5-3-2-4-6-11;1-2/h2-6,8-9H,1H3;1-2H3. The molecule has 0 unspecified atom stereocenters. The Kier molecular flexibility index (Phi) is 4.46. The fourth-order valence-electron chi connectivity index (χ4n) is 1.17. The molecule has 1 aliphatic rings. The summed E-state index contributed by atoms with van der Waals surface area (Å²) < 4.78 is 5.57. The lowest BCUT2D eigenvalue weighted by Crippen LogP contribution is -1.89. The molecule has 1 aliphatic carbocycles. The molecule has 2 rings (SSSR count). The van der Waals surface area contributed by atoms with Crippen molar-refractivity contribution in [2.45, 2.75) is 20.8 Å². The molecule has 0 heterocycles. The Hall–Kier alpha value is -1.72. The molecule has 0 N–H and O–H groups in total. The van der Waals surface area contributed by atoms with Crippen LogP contribution in [0.15, 0.2) is 59.5 Å². The van der Waals surface area contributed by atoms with E-state index in [9.17, 15) is 0 Å². The Morgan fingerprint density at radius 3 is 2.27 bits per heavy atom. The van der Waals surface area contributed by atoms with E-state index in [-0.39, 0.29) is 0 Å². The number of rotatable bonds is 2. The predicted octanol–water partition coefficient (Wildman–Crippen LogP) is 4.09. The first kappa shape index (κ1) is 11.4. The molecule has 0 radical (unpaired) electrons. The van der Waals surface area contributed by atoms with E-state index in [2.05, 4.69) is 5.73 Å². The maximum atomic E-state index is 5.57. The number of hydrogen-bond acceptors (Lipinski definition) is 1. The highest BCUT2D eigenvalue weighted by atomic mass is 16.5. The molecule has 0 spiro atoms. The number of hydrogen-bond donors (Lipinski definition) is 0. The van der Waals surface area contributed by atoms with Crippen LogP contribution in [0.25, 0.3) is 0 Å². The summed E-state index contributed by atoms with van der Waals surface area (Å²) in [6.45, 7) is 6.00. The van der Waals surface area contributed by atoms with Crippen LogP contribution in [0.4, 0.5) is 0 Å². The number of benzene rings is 1. The van der Waals surface area contributed by atoms with E-state index in [0.29, 0.717) is 0 Å². The molecule has 15 heavy (non-hydrogen) atoms. The van der Waals surface area contributed by atoms with Crippen LogP contribution in [0.5, 0.6) is 5.75 Å². The lowest BCUT2D eigenvalue weighted by molar-refractivity contribution is 0.445. The highest BCUT2D eigenvalue weighted by molar-refractivity contribution is 5.35. The number of ether oxygens (including phenoxy) is 1. The molecule has 0 saturated carbocycles. The molecular formula is C14H16O. The van der Waals surface area contributed by atoms with Crippen LogP contribution in [0.2, 0.25) is 0 Å². The van der Waals surface area contributed by atoms with E-state index in [1.807, 2.05) is 63.3 Å². The largest absolute Gasteiger partial charge is 0.457 e. The molecule has 0 bridgehead atoms. The van der Waals surface area contributed by atoms with Gasteiger partial charge in [0.2, 0.25) is 0 Å². The number of allylic oxidation sites excluding steroid dienone is 2. The second-order valence-electron chi connectivity index (χ2n) is 2.93. The fourth-order valence-corrected chi connectivity index (χ4v) is 1.17. The topological polar surface area (TPSA) is 9.23 Å². The van der Waals surface area contributed by atoms with Gasteiger partial charge < -0.3 is 4.74 Å². The average Bonchev–Trinajstić information content (AvgIpc) is 2.68. The SMILES string of the molecule is CC.CC1=C=CC(Oc2ccccc2)=C1. The second kappa shape index (κ2) is 5.90. The Balaban J connectivity index is 0.000000531. The quantitative estimate of drug-likeness (QED) is 0.653. The van der Waals surface area contributed by atoms with E-state index >= 15 is 0 Å². The van der Waals surface area contributed by atoms with Crippen molar-refractivity contribution in [3.8, 4) is 5.75 Å². The predicted molar refractivity (Wildman–Crippen MR) is 63.8 cm³/mol. The molecule has 1 aromatic rings. The summed E-state index contributed by atoms with van der Waals surface area (Å²) in [5.74, 6) is 1.71. The Labute approximate surface area is 91.4 Å². The normalized spacial score (nSPS) is 12.5. The molecule has 0 amide bonds. The van der Waals surface area contributed by atoms with E-state index in [1.54, 1.807) is 0 Å². The molecule has 1 heteroatoms. The molecule has 1 nitrogen and oxygen atoms in total. The first-order valence-corrected chi connectivity index (χ1v) is 5.22. The third kappa shape index (κ3) is 3.49. The summed E-state index contributed by atoms with van der Waals surface area (Å²) in [6, 6.07) is 9.74. The van der Waals surface area contributed by atoms with Gasteiger partial charge in [0.05, 0.1) is 0 Å². The minimum absolute atomic E-state index is 0.851. The fraction of sp³-hybridized carbons (Fsp3) is 0.214. The van der Waals surface area contributed by atoms with Crippen molar-refractivity contribution in [3.63, 3.8) is 0 Å². The van der Waals surface area contributed by atoms with Gasteiger partial charge in [0.15, 0.2) is 0 Å². The molecule has 0 saturated heterocycles. The smallest absolute Gasteiger partial charge is 0.136 e. The average molecular weight is 200 g/mol. The van der Waals surface area contributed by atoms with Crippen molar-refractivity contribution in [2.75, 3.05) is 0 Å². The van der Waals surface area contributed by atoms with Crippen LogP contribution >= 0.6 is 0 Å². The summed E-state index contributed by atoms with van der Waals surface area (Å²) in [5, 5.41) is 0. The zero-order valence-corrected chi connectivity index (χ0v) is 9.45. The van der Waals surface area contributed by atoms with Crippen LogP contribution in [-0.2, 0) is 0 Å². The van der Waals surface area contributed by atoms with Crippen molar-refractivity contribution in [1.82, 2.24) is 0 Å². The van der Waals surface area contributed by atoms with Crippen molar-refractivity contribution in [1.29, 1.82) is 0 Å². The summed E-state index contributed by atoms with van der Waals surface area (Å²) in [7, 11) is 0. The first-order valence-electron chi connectivity index (χ1n) is 5.22. The Morgan fingerprint density at radius 1 is 1.07 bits per heavy atom. The summed E-state index contributed by atoms with van der Waals surface area (Å²) in [5.41, 5.74) is 4.17. The lowest BCUT2D eigenvalue weighted by atomic mass is 10.3. The van der Waals surface area contributed by atoms with Crippen LogP contribution < -0.4 is 4.74 Å². The van der Waals surface area contributed by atoms with E-state index in [0.717, 1.165) is 17.1 Å². The molecule has 0 aliphatic heterocycles. The van der Waals surface area contributed by atoms with Gasteiger partial charge in [-0.3, -0.25) is 0 Å². The van der Waals surface area contributed by atoms with E-state index in [4.69, 9.17) is 4.74 Å². The molecule has 0 atom stereocenters. The van der Waals surface area contributed by atoms with Gasteiger partial charge in [-0.2, -0.15) is 0 Å². The molecule has 1 aromatic carbocycles. The van der Waals surface area contributed by atoms with Gasteiger partial charge in [-0.25, -0.2) is 0 Å². The minimum atomic E-state index is 0.851. The molecule has 0 fully saturated rings. The van der Waals surface area contributed by atoms with Crippen molar-refractivity contribution in [2.24, 2.45) is 0 Å². The van der Waals surface area contributed by atoms with Crippen LogP contribution in [-0.4, -0.2) is 0 Å². The molecule has 0 aromatic heterocycles. The monoisotopic (exact) mass is 200 g/mol. The third-order valence-corrected chi connectivity index (χ3v) is 1.78. The second-order valence-corrected chi connectivity index (χ2v) is 2.93. The summed E-state index contributed by atoms with van der Waals surface area (Å²) in [4.78, 5) is 0. The maximum absolute atomic E-state index is 5.57. The van der Waals surface area contributed by atoms with Gasteiger partial charge in [0.25, 0.3) is 0 Å². The first-order chi connectivity index (χ1) is 7.34. The van der Waals surface area contributed by atoms with Gasteiger partial charge in [-0.05, 0) is 30.7 Å². The molecule has 78 valence electrons. The van der Waals surface area contributed by atoms with E-state index < -0.39 is 0 Å². The summed E-state index contributed by atoms with van der Waals surface area (Å²) in [6.07, 6.45) is 3.81. The van der Waals surface area contributed by atoms with Crippen LogP contribution in [0, 0.1) is 0 Å². The van der Waals surface area contributed by atoms with Gasteiger partial charge in [-0.1, -0.05) is 32.0 Å². The minimum Gasteiger partial charge on any atom is -0.457 e. The highest BCUT2D eigenvalue weighted by Gasteiger charge is 2.00.